The largest absolute Gasteiger partial charge is 0.493 e. The zero-order valence-electron chi connectivity index (χ0n) is 11.6. The highest BCUT2D eigenvalue weighted by Gasteiger charge is 2.22. The van der Waals surface area contributed by atoms with Gasteiger partial charge in [0, 0.05) is 28.3 Å². The predicted octanol–water partition coefficient (Wildman–Crippen LogP) is 4.25. The minimum Gasteiger partial charge on any atom is -0.493 e. The molecule has 1 aromatic carbocycles. The van der Waals surface area contributed by atoms with Crippen molar-refractivity contribution < 1.29 is 9.53 Å². The van der Waals surface area contributed by atoms with Crippen LogP contribution in [0, 0.1) is 0 Å². The van der Waals surface area contributed by atoms with E-state index in [-0.39, 0.29) is 5.78 Å². The van der Waals surface area contributed by atoms with Crippen LogP contribution in [-0.4, -0.2) is 12.4 Å². The molecule has 1 aliphatic heterocycles. The molecule has 2 aliphatic rings. The first-order valence-corrected chi connectivity index (χ1v) is 8.49. The van der Waals surface area contributed by atoms with Gasteiger partial charge in [-0.05, 0) is 48.6 Å². The first kappa shape index (κ1) is 13.4. The number of ether oxygens (including phenoxy) is 1. The summed E-state index contributed by atoms with van der Waals surface area (Å²) in [6, 6.07) is 5.89. The van der Waals surface area contributed by atoms with E-state index in [1.54, 1.807) is 11.3 Å². The van der Waals surface area contributed by atoms with Crippen molar-refractivity contribution >= 4 is 28.7 Å². The Morgan fingerprint density at radius 1 is 1.19 bits per heavy atom. The van der Waals surface area contributed by atoms with Gasteiger partial charge in [-0.1, -0.05) is 11.6 Å². The summed E-state index contributed by atoms with van der Waals surface area (Å²) >= 11 is 7.82. The third-order valence-corrected chi connectivity index (χ3v) is 5.69. The molecule has 0 spiro atoms. The van der Waals surface area contributed by atoms with Gasteiger partial charge in [0.05, 0.1) is 11.5 Å². The lowest BCUT2D eigenvalue weighted by Crippen LogP contribution is -2.03. The predicted molar refractivity (Wildman–Crippen MR) is 85.0 cm³/mol. The van der Waals surface area contributed by atoms with Gasteiger partial charge in [0.1, 0.15) is 5.75 Å². The smallest absolute Gasteiger partial charge is 0.177 e. The topological polar surface area (TPSA) is 26.3 Å². The fraction of sp³-hybridized carbons (Fsp3) is 0.353. The number of fused-ring (bicyclic) bond motifs is 2. The van der Waals surface area contributed by atoms with Crippen LogP contribution in [0.1, 0.15) is 37.7 Å². The van der Waals surface area contributed by atoms with Gasteiger partial charge in [-0.25, -0.2) is 0 Å². The van der Waals surface area contributed by atoms with E-state index >= 15 is 0 Å². The van der Waals surface area contributed by atoms with Gasteiger partial charge in [-0.2, -0.15) is 0 Å². The van der Waals surface area contributed by atoms with E-state index in [0.717, 1.165) is 41.0 Å². The van der Waals surface area contributed by atoms with Gasteiger partial charge in [0.15, 0.2) is 5.78 Å². The number of carbonyl (C=O) groups excluding carboxylic acids is 1. The molecule has 108 valence electrons. The van der Waals surface area contributed by atoms with E-state index in [0.29, 0.717) is 18.1 Å². The molecule has 0 radical (unpaired) electrons. The maximum absolute atomic E-state index is 12.5. The van der Waals surface area contributed by atoms with Crippen LogP contribution in [0.2, 0.25) is 5.02 Å². The first-order chi connectivity index (χ1) is 10.2. The van der Waals surface area contributed by atoms with E-state index in [4.69, 9.17) is 16.3 Å². The molecule has 0 amide bonds. The fourth-order valence-electron chi connectivity index (χ4n) is 3.20. The number of aryl methyl sites for hydroxylation is 2. The number of halogens is 1. The Bertz CT molecular complexity index is 711. The number of hydrogen-bond donors (Lipinski definition) is 0. The number of hydrogen-bond acceptors (Lipinski definition) is 3. The molecule has 2 nitrogen and oxygen atoms in total. The van der Waals surface area contributed by atoms with Crippen molar-refractivity contribution in [2.45, 2.75) is 32.1 Å². The average Bonchev–Trinajstić information content (AvgIpc) is 3.12. The summed E-state index contributed by atoms with van der Waals surface area (Å²) in [6.45, 7) is 0.685. The first-order valence-electron chi connectivity index (χ1n) is 7.29. The molecule has 21 heavy (non-hydrogen) atoms. The number of rotatable bonds is 3. The Hall–Kier alpha value is -1.32. The minimum absolute atomic E-state index is 0.175. The molecule has 0 unspecified atom stereocenters. The van der Waals surface area contributed by atoms with E-state index in [2.05, 4.69) is 6.07 Å². The molecule has 0 atom stereocenters. The van der Waals surface area contributed by atoms with Crippen LogP contribution >= 0.6 is 22.9 Å². The summed E-state index contributed by atoms with van der Waals surface area (Å²) in [4.78, 5) is 14.8. The summed E-state index contributed by atoms with van der Waals surface area (Å²) < 4.78 is 5.68. The molecule has 1 aromatic heterocycles. The Morgan fingerprint density at radius 2 is 2.10 bits per heavy atom. The second-order valence-corrected chi connectivity index (χ2v) is 7.24. The van der Waals surface area contributed by atoms with Crippen molar-refractivity contribution in [2.24, 2.45) is 0 Å². The van der Waals surface area contributed by atoms with E-state index in [1.807, 2.05) is 12.1 Å². The SMILES string of the molecule is O=C(Cc1cc(Cl)cc2c1OCC2)c1cc2c(s1)CCC2. The molecule has 0 N–H and O–H groups in total. The molecule has 0 fully saturated rings. The number of thiophene rings is 1. The van der Waals surface area contributed by atoms with Gasteiger partial charge in [-0.15, -0.1) is 11.3 Å². The third kappa shape index (κ3) is 2.39. The maximum Gasteiger partial charge on any atom is 0.177 e. The zero-order chi connectivity index (χ0) is 14.4. The molecule has 1 aliphatic carbocycles. The standard InChI is InChI=1S/C17H15ClO2S/c18-13-6-11-4-5-20-17(11)12(7-13)8-14(19)16-9-10-2-1-3-15(10)21-16/h6-7,9H,1-5,8H2. The highest BCUT2D eigenvalue weighted by molar-refractivity contribution is 7.14. The third-order valence-electron chi connectivity index (χ3n) is 4.20. The lowest BCUT2D eigenvalue weighted by atomic mass is 10.0. The lowest BCUT2D eigenvalue weighted by Gasteiger charge is -2.08. The zero-order valence-corrected chi connectivity index (χ0v) is 13.1. The quantitative estimate of drug-likeness (QED) is 0.791. The Balaban J connectivity index is 1.62. The van der Waals surface area contributed by atoms with Gasteiger partial charge >= 0.3 is 0 Å². The molecule has 0 saturated heterocycles. The fourth-order valence-corrected chi connectivity index (χ4v) is 4.66. The molecule has 2 aromatic rings. The summed E-state index contributed by atoms with van der Waals surface area (Å²) in [6.07, 6.45) is 4.73. The van der Waals surface area contributed by atoms with Gasteiger partial charge in [-0.3, -0.25) is 4.79 Å². The molecular formula is C17H15ClO2S. The summed E-state index contributed by atoms with van der Waals surface area (Å²) in [7, 11) is 0. The number of ketones is 1. The second kappa shape index (κ2) is 5.15. The molecule has 2 heterocycles. The van der Waals surface area contributed by atoms with Crippen LogP contribution in [0.15, 0.2) is 18.2 Å². The monoisotopic (exact) mass is 318 g/mol. The average molecular weight is 319 g/mol. The minimum atomic E-state index is 0.175. The van der Waals surface area contributed by atoms with Crippen molar-refractivity contribution in [1.29, 1.82) is 0 Å². The Labute approximate surface area is 132 Å². The van der Waals surface area contributed by atoms with Crippen molar-refractivity contribution in [3.8, 4) is 5.75 Å². The van der Waals surface area contributed by atoms with E-state index in [1.165, 1.54) is 16.9 Å². The number of benzene rings is 1. The summed E-state index contributed by atoms with van der Waals surface area (Å²) in [5.74, 6) is 1.05. The normalized spacial score (nSPS) is 15.7. The van der Waals surface area contributed by atoms with Crippen molar-refractivity contribution in [1.82, 2.24) is 0 Å². The van der Waals surface area contributed by atoms with Gasteiger partial charge in [0.2, 0.25) is 0 Å². The number of carbonyl (C=O) groups is 1. The number of Topliss-reactive ketones (excluding diaryl/α,β-unsaturated/α-hetero) is 1. The summed E-state index contributed by atoms with van der Waals surface area (Å²) in [5.41, 5.74) is 3.42. The van der Waals surface area contributed by atoms with Crippen molar-refractivity contribution in [2.75, 3.05) is 6.61 Å². The molecule has 4 rings (SSSR count). The van der Waals surface area contributed by atoms with Crippen LogP contribution in [0.5, 0.6) is 5.75 Å². The van der Waals surface area contributed by atoms with Gasteiger partial charge in [0.25, 0.3) is 0 Å². The molecule has 4 heteroatoms. The Morgan fingerprint density at radius 3 is 2.95 bits per heavy atom. The molecular weight excluding hydrogens is 304 g/mol. The van der Waals surface area contributed by atoms with Crippen LogP contribution in [0.4, 0.5) is 0 Å². The second-order valence-electron chi connectivity index (χ2n) is 5.66. The van der Waals surface area contributed by atoms with E-state index in [9.17, 15) is 4.79 Å². The summed E-state index contributed by atoms with van der Waals surface area (Å²) in [5, 5.41) is 0.690. The van der Waals surface area contributed by atoms with Crippen LogP contribution in [0.3, 0.4) is 0 Å². The van der Waals surface area contributed by atoms with Crippen LogP contribution in [0.25, 0.3) is 0 Å². The van der Waals surface area contributed by atoms with Crippen molar-refractivity contribution in [3.63, 3.8) is 0 Å². The highest BCUT2D eigenvalue weighted by Crippen LogP contribution is 2.35. The maximum atomic E-state index is 12.5. The van der Waals surface area contributed by atoms with E-state index < -0.39 is 0 Å². The molecule has 0 bridgehead atoms. The molecule has 0 saturated carbocycles. The Kier molecular flexibility index (Phi) is 3.27. The van der Waals surface area contributed by atoms with Crippen LogP contribution in [-0.2, 0) is 25.7 Å². The highest BCUT2D eigenvalue weighted by atomic mass is 35.5. The lowest BCUT2D eigenvalue weighted by molar-refractivity contribution is 0.0996. The van der Waals surface area contributed by atoms with Crippen molar-refractivity contribution in [3.05, 3.63) is 49.7 Å². The van der Waals surface area contributed by atoms with Crippen LogP contribution < -0.4 is 4.74 Å². The van der Waals surface area contributed by atoms with Gasteiger partial charge < -0.3 is 4.74 Å².